The second-order valence-corrected chi connectivity index (χ2v) is 8.84. The van der Waals surface area contributed by atoms with E-state index < -0.39 is 5.60 Å². The smallest absolute Gasteiger partial charge is 0.251 e. The van der Waals surface area contributed by atoms with Crippen LogP contribution < -0.4 is 5.32 Å². The number of rotatable bonds is 4. The highest BCUT2D eigenvalue weighted by Crippen LogP contribution is 2.55. The van der Waals surface area contributed by atoms with E-state index in [1.165, 1.54) is 0 Å². The Morgan fingerprint density at radius 3 is 2.67 bits per heavy atom. The molecular weight excluding hydrogens is 370 g/mol. The molecule has 4 aliphatic rings. The zero-order valence-electron chi connectivity index (χ0n) is 13.9. The molecule has 4 bridgehead atoms. The molecule has 2 atom stereocenters. The Labute approximate surface area is 151 Å². The molecule has 0 saturated heterocycles. The summed E-state index contributed by atoms with van der Waals surface area (Å²) in [4.78, 5) is 12.9. The molecule has 1 aromatic rings. The summed E-state index contributed by atoms with van der Waals surface area (Å²) in [6.45, 7) is 0.418. The van der Waals surface area contributed by atoms with Gasteiger partial charge in [-0.1, -0.05) is 15.9 Å². The molecule has 130 valence electrons. The summed E-state index contributed by atoms with van der Waals surface area (Å²) >= 11 is 3.46. The molecule has 5 rings (SSSR count). The number of hydrogen-bond donors (Lipinski definition) is 2. The van der Waals surface area contributed by atoms with Crippen LogP contribution in [0.3, 0.4) is 0 Å². The number of carbonyl (C=O) groups excluding carboxylic acids is 1. The Morgan fingerprint density at radius 2 is 2.04 bits per heavy atom. The molecular formula is C19H24BrNO3. The van der Waals surface area contributed by atoms with Crippen molar-refractivity contribution >= 4 is 21.8 Å². The van der Waals surface area contributed by atoms with Crippen molar-refractivity contribution in [3.63, 3.8) is 0 Å². The van der Waals surface area contributed by atoms with Crippen molar-refractivity contribution in [2.45, 2.75) is 50.4 Å². The normalized spacial score (nSPS) is 36.8. The number of halogens is 1. The number of hydrogen-bond acceptors (Lipinski definition) is 3. The molecule has 4 saturated carbocycles. The van der Waals surface area contributed by atoms with Gasteiger partial charge in [0.25, 0.3) is 5.91 Å². The molecule has 0 spiro atoms. The Morgan fingerprint density at radius 1 is 1.33 bits per heavy atom. The molecule has 2 unspecified atom stereocenters. The van der Waals surface area contributed by atoms with Gasteiger partial charge in [-0.05, 0) is 73.6 Å². The maximum atomic E-state index is 12.9. The molecule has 0 aromatic heterocycles. The van der Waals surface area contributed by atoms with Crippen molar-refractivity contribution in [1.29, 1.82) is 0 Å². The lowest BCUT2D eigenvalue weighted by molar-refractivity contribution is -0.136. The second-order valence-electron chi connectivity index (χ2n) is 7.93. The van der Waals surface area contributed by atoms with Crippen molar-refractivity contribution < 1.29 is 14.6 Å². The van der Waals surface area contributed by atoms with E-state index in [1.54, 1.807) is 7.11 Å². The predicted molar refractivity (Wildman–Crippen MR) is 94.6 cm³/mol. The first-order valence-electron chi connectivity index (χ1n) is 8.78. The van der Waals surface area contributed by atoms with Crippen LogP contribution in [0.1, 0.15) is 48.0 Å². The van der Waals surface area contributed by atoms with Gasteiger partial charge in [-0.15, -0.1) is 0 Å². The van der Waals surface area contributed by atoms with Gasteiger partial charge in [-0.3, -0.25) is 4.79 Å². The quantitative estimate of drug-likeness (QED) is 0.824. The van der Waals surface area contributed by atoms with Gasteiger partial charge in [-0.25, -0.2) is 0 Å². The van der Waals surface area contributed by atoms with Crippen LogP contribution in [-0.4, -0.2) is 29.8 Å². The molecule has 4 fully saturated rings. The van der Waals surface area contributed by atoms with Crippen molar-refractivity contribution in [3.05, 3.63) is 33.8 Å². The van der Waals surface area contributed by atoms with Crippen LogP contribution in [0, 0.1) is 17.8 Å². The van der Waals surface area contributed by atoms with Crippen LogP contribution in [-0.2, 0) is 11.3 Å². The lowest BCUT2D eigenvalue weighted by Gasteiger charge is -2.58. The lowest BCUT2D eigenvalue weighted by atomic mass is 9.52. The third-order valence-corrected chi connectivity index (χ3v) is 6.64. The van der Waals surface area contributed by atoms with Gasteiger partial charge in [0.05, 0.1) is 12.2 Å². The number of amides is 1. The molecule has 5 heteroatoms. The molecule has 4 nitrogen and oxygen atoms in total. The highest BCUT2D eigenvalue weighted by Gasteiger charge is 2.55. The first kappa shape index (κ1) is 16.6. The molecule has 2 N–H and O–H groups in total. The summed E-state index contributed by atoms with van der Waals surface area (Å²) < 4.78 is 6.18. The number of ether oxygens (including phenoxy) is 1. The molecule has 4 aliphatic carbocycles. The minimum atomic E-state index is -0.462. The molecule has 1 aromatic carbocycles. The van der Waals surface area contributed by atoms with E-state index in [2.05, 4.69) is 21.2 Å². The summed E-state index contributed by atoms with van der Waals surface area (Å²) in [6.07, 6.45) is 4.95. The van der Waals surface area contributed by atoms with E-state index in [0.717, 1.165) is 42.1 Å². The van der Waals surface area contributed by atoms with Crippen LogP contribution in [0.15, 0.2) is 22.7 Å². The number of nitrogens with one attached hydrogen (secondary N) is 1. The number of methoxy groups -OCH3 is 1. The largest absolute Gasteiger partial charge is 0.390 e. The molecule has 24 heavy (non-hydrogen) atoms. The SMILES string of the molecule is COCc1cc(Br)ccc1C(=O)NC1C2CC3CC1CC(O)(C3)C2. The summed E-state index contributed by atoms with van der Waals surface area (Å²) in [5, 5.41) is 14.0. The van der Waals surface area contributed by atoms with E-state index in [4.69, 9.17) is 4.74 Å². The fraction of sp³-hybridized carbons (Fsp3) is 0.632. The van der Waals surface area contributed by atoms with Crippen molar-refractivity contribution in [3.8, 4) is 0 Å². The Bertz CT molecular complexity index is 646. The summed E-state index contributed by atoms with van der Waals surface area (Å²) in [7, 11) is 1.64. The molecule has 0 aliphatic heterocycles. The summed E-state index contributed by atoms with van der Waals surface area (Å²) in [5.41, 5.74) is 1.12. The first-order chi connectivity index (χ1) is 11.5. The zero-order valence-corrected chi connectivity index (χ0v) is 15.5. The zero-order chi connectivity index (χ0) is 16.9. The van der Waals surface area contributed by atoms with Gasteiger partial charge >= 0.3 is 0 Å². The third-order valence-electron chi connectivity index (χ3n) is 6.15. The van der Waals surface area contributed by atoms with Gasteiger partial charge in [0.2, 0.25) is 0 Å². The van der Waals surface area contributed by atoms with Crippen molar-refractivity contribution in [1.82, 2.24) is 5.32 Å². The van der Waals surface area contributed by atoms with Gasteiger partial charge in [-0.2, -0.15) is 0 Å². The topological polar surface area (TPSA) is 58.6 Å². The highest BCUT2D eigenvalue weighted by molar-refractivity contribution is 9.10. The van der Waals surface area contributed by atoms with E-state index in [9.17, 15) is 9.90 Å². The summed E-state index contributed by atoms with van der Waals surface area (Å²) in [6, 6.07) is 5.90. The number of aliphatic hydroxyl groups is 1. The van der Waals surface area contributed by atoms with Crippen LogP contribution in [0.4, 0.5) is 0 Å². The van der Waals surface area contributed by atoms with E-state index >= 15 is 0 Å². The van der Waals surface area contributed by atoms with Gasteiger partial charge in [0, 0.05) is 23.2 Å². The lowest BCUT2D eigenvalue weighted by Crippen LogP contribution is -2.61. The van der Waals surface area contributed by atoms with Crippen LogP contribution in [0.2, 0.25) is 0 Å². The first-order valence-corrected chi connectivity index (χ1v) is 9.57. The molecule has 1 amide bonds. The number of benzene rings is 1. The molecule has 0 heterocycles. The standard InChI is InChI=1S/C19H24BrNO3/c1-24-10-14-6-15(20)2-3-16(14)18(22)21-17-12-4-11-5-13(17)9-19(23,7-11)8-12/h2-3,6,11-13,17,23H,4-5,7-10H2,1H3,(H,21,22). The fourth-order valence-corrected chi connectivity index (χ4v) is 5.91. The van der Waals surface area contributed by atoms with Crippen LogP contribution in [0.25, 0.3) is 0 Å². The third kappa shape index (κ3) is 2.91. The van der Waals surface area contributed by atoms with Crippen LogP contribution >= 0.6 is 15.9 Å². The average Bonchev–Trinajstić information content (AvgIpc) is 2.49. The minimum Gasteiger partial charge on any atom is -0.390 e. The van der Waals surface area contributed by atoms with Gasteiger partial charge in [0.15, 0.2) is 0 Å². The Hall–Kier alpha value is -0.910. The Kier molecular flexibility index (Phi) is 4.22. The number of carbonyl (C=O) groups is 1. The predicted octanol–water partition coefficient (Wildman–Crippen LogP) is 3.26. The summed E-state index contributed by atoms with van der Waals surface area (Å²) in [5.74, 6) is 1.48. The second kappa shape index (κ2) is 6.11. The van der Waals surface area contributed by atoms with Crippen molar-refractivity contribution in [2.75, 3.05) is 7.11 Å². The maximum absolute atomic E-state index is 12.9. The highest BCUT2D eigenvalue weighted by atomic mass is 79.9. The average molecular weight is 394 g/mol. The Balaban J connectivity index is 1.53. The minimum absolute atomic E-state index is 0.0148. The van der Waals surface area contributed by atoms with Gasteiger partial charge in [0.1, 0.15) is 0 Å². The van der Waals surface area contributed by atoms with Gasteiger partial charge < -0.3 is 15.2 Å². The van der Waals surface area contributed by atoms with Crippen molar-refractivity contribution in [2.24, 2.45) is 17.8 Å². The van der Waals surface area contributed by atoms with E-state index in [-0.39, 0.29) is 11.9 Å². The monoisotopic (exact) mass is 393 g/mol. The molecule has 0 radical (unpaired) electrons. The van der Waals surface area contributed by atoms with E-state index in [1.807, 2.05) is 18.2 Å². The fourth-order valence-electron chi connectivity index (χ4n) is 5.50. The van der Waals surface area contributed by atoms with E-state index in [0.29, 0.717) is 29.9 Å². The maximum Gasteiger partial charge on any atom is 0.251 e. The van der Waals surface area contributed by atoms with Crippen LogP contribution in [0.5, 0.6) is 0 Å².